The average Bonchev–Trinajstić information content (AvgIpc) is 2.88. The SMILES string of the molecule is OCc1cnc2sc(Cc3cccc(Cl)c3)cn12. The molecule has 3 nitrogen and oxygen atoms in total. The van der Waals surface area contributed by atoms with Crippen LogP contribution < -0.4 is 0 Å². The largest absolute Gasteiger partial charge is 0.390 e. The van der Waals surface area contributed by atoms with Crippen molar-refractivity contribution in [3.8, 4) is 0 Å². The highest BCUT2D eigenvalue weighted by molar-refractivity contribution is 7.17. The number of imidazole rings is 1. The molecule has 0 unspecified atom stereocenters. The van der Waals surface area contributed by atoms with Gasteiger partial charge in [-0.05, 0) is 17.7 Å². The van der Waals surface area contributed by atoms with Crippen LogP contribution in [-0.4, -0.2) is 14.5 Å². The van der Waals surface area contributed by atoms with Crippen LogP contribution >= 0.6 is 22.9 Å². The maximum atomic E-state index is 9.19. The summed E-state index contributed by atoms with van der Waals surface area (Å²) in [5.41, 5.74) is 2.00. The molecule has 0 aliphatic heterocycles. The summed E-state index contributed by atoms with van der Waals surface area (Å²) >= 11 is 7.60. The van der Waals surface area contributed by atoms with Crippen LogP contribution in [0.4, 0.5) is 0 Å². The van der Waals surface area contributed by atoms with Crippen LogP contribution in [0.25, 0.3) is 4.96 Å². The number of fused-ring (bicyclic) bond motifs is 1. The van der Waals surface area contributed by atoms with Gasteiger partial charge in [-0.1, -0.05) is 23.7 Å². The van der Waals surface area contributed by atoms with E-state index in [0.717, 1.165) is 22.1 Å². The standard InChI is InChI=1S/C13H11ClN2OS/c14-10-3-1-2-9(4-10)5-12-7-16-11(8-17)6-15-13(16)18-12/h1-4,6-7,17H,5,8H2. The van der Waals surface area contributed by atoms with Gasteiger partial charge in [0.2, 0.25) is 0 Å². The van der Waals surface area contributed by atoms with Gasteiger partial charge in [-0.15, -0.1) is 11.3 Å². The summed E-state index contributed by atoms with van der Waals surface area (Å²) in [6, 6.07) is 7.85. The Bertz CT molecular complexity index is 689. The Labute approximate surface area is 113 Å². The minimum Gasteiger partial charge on any atom is -0.390 e. The predicted octanol–water partition coefficient (Wildman–Crippen LogP) is 3.13. The molecule has 18 heavy (non-hydrogen) atoms. The fourth-order valence-corrected chi connectivity index (χ4v) is 3.14. The fraction of sp³-hybridized carbons (Fsp3) is 0.154. The molecule has 0 saturated carbocycles. The Morgan fingerprint density at radius 1 is 1.39 bits per heavy atom. The molecule has 0 bridgehead atoms. The molecule has 5 heteroatoms. The van der Waals surface area contributed by atoms with Gasteiger partial charge >= 0.3 is 0 Å². The zero-order valence-corrected chi connectivity index (χ0v) is 11.1. The number of aliphatic hydroxyl groups excluding tert-OH is 1. The molecule has 3 rings (SSSR count). The molecule has 0 saturated heterocycles. The molecule has 92 valence electrons. The van der Waals surface area contributed by atoms with Gasteiger partial charge < -0.3 is 5.11 Å². The molecule has 3 aromatic rings. The first-order valence-electron chi connectivity index (χ1n) is 5.56. The van der Waals surface area contributed by atoms with Gasteiger partial charge in [0.05, 0.1) is 18.5 Å². The third-order valence-electron chi connectivity index (χ3n) is 2.76. The quantitative estimate of drug-likeness (QED) is 0.799. The molecule has 0 aliphatic rings. The summed E-state index contributed by atoms with van der Waals surface area (Å²) in [6.07, 6.45) is 4.56. The Balaban J connectivity index is 1.93. The second-order valence-corrected chi connectivity index (χ2v) is 5.59. The van der Waals surface area contributed by atoms with Crippen LogP contribution in [0.2, 0.25) is 5.02 Å². The van der Waals surface area contributed by atoms with E-state index in [1.165, 1.54) is 10.4 Å². The zero-order valence-electron chi connectivity index (χ0n) is 9.51. The minimum absolute atomic E-state index is 0.00844. The lowest BCUT2D eigenvalue weighted by molar-refractivity contribution is 0.276. The summed E-state index contributed by atoms with van der Waals surface area (Å²) < 4.78 is 1.94. The molecule has 2 aromatic heterocycles. The number of aliphatic hydroxyl groups is 1. The molecule has 0 spiro atoms. The van der Waals surface area contributed by atoms with Crippen molar-refractivity contribution >= 4 is 27.9 Å². The summed E-state index contributed by atoms with van der Waals surface area (Å²) in [6.45, 7) is 0.00844. The molecule has 1 N–H and O–H groups in total. The van der Waals surface area contributed by atoms with E-state index < -0.39 is 0 Å². The highest BCUT2D eigenvalue weighted by atomic mass is 35.5. The minimum atomic E-state index is 0.00844. The van der Waals surface area contributed by atoms with E-state index in [-0.39, 0.29) is 6.61 Å². The lowest BCUT2D eigenvalue weighted by atomic mass is 10.1. The van der Waals surface area contributed by atoms with E-state index in [2.05, 4.69) is 11.1 Å². The number of nitrogens with zero attached hydrogens (tertiary/aromatic N) is 2. The second kappa shape index (κ2) is 4.72. The van der Waals surface area contributed by atoms with Crippen molar-refractivity contribution in [1.82, 2.24) is 9.38 Å². The molecule has 0 radical (unpaired) electrons. The van der Waals surface area contributed by atoms with Crippen LogP contribution in [0.15, 0.2) is 36.7 Å². The summed E-state index contributed by atoms with van der Waals surface area (Å²) in [4.78, 5) is 6.38. The van der Waals surface area contributed by atoms with Crippen LogP contribution in [0.5, 0.6) is 0 Å². The van der Waals surface area contributed by atoms with Crippen LogP contribution in [0.1, 0.15) is 16.1 Å². The lowest BCUT2D eigenvalue weighted by Gasteiger charge is -1.98. The Morgan fingerprint density at radius 2 is 2.28 bits per heavy atom. The monoisotopic (exact) mass is 278 g/mol. The first-order valence-corrected chi connectivity index (χ1v) is 6.75. The molecular weight excluding hydrogens is 268 g/mol. The molecule has 0 aliphatic carbocycles. The predicted molar refractivity (Wildman–Crippen MR) is 73.2 cm³/mol. The first-order chi connectivity index (χ1) is 8.76. The topological polar surface area (TPSA) is 37.5 Å². The van der Waals surface area contributed by atoms with E-state index in [1.54, 1.807) is 17.5 Å². The Kier molecular flexibility index (Phi) is 3.07. The van der Waals surface area contributed by atoms with Crippen molar-refractivity contribution in [3.63, 3.8) is 0 Å². The van der Waals surface area contributed by atoms with E-state index in [0.29, 0.717) is 0 Å². The van der Waals surface area contributed by atoms with Crippen LogP contribution in [0.3, 0.4) is 0 Å². The third-order valence-corrected chi connectivity index (χ3v) is 4.00. The molecule has 2 heterocycles. The molecule has 0 fully saturated rings. The van der Waals surface area contributed by atoms with Gasteiger partial charge in [0.25, 0.3) is 0 Å². The summed E-state index contributed by atoms with van der Waals surface area (Å²) in [7, 11) is 0. The van der Waals surface area contributed by atoms with Crippen LogP contribution in [0, 0.1) is 0 Å². The number of halogens is 1. The average molecular weight is 279 g/mol. The highest BCUT2D eigenvalue weighted by Crippen LogP contribution is 2.22. The maximum absolute atomic E-state index is 9.19. The van der Waals surface area contributed by atoms with Crippen LogP contribution in [-0.2, 0) is 13.0 Å². The van der Waals surface area contributed by atoms with E-state index in [1.807, 2.05) is 28.8 Å². The normalized spacial score (nSPS) is 11.2. The van der Waals surface area contributed by atoms with Crippen molar-refractivity contribution in [2.75, 3.05) is 0 Å². The van der Waals surface area contributed by atoms with Gasteiger partial charge in [0.1, 0.15) is 0 Å². The van der Waals surface area contributed by atoms with E-state index in [9.17, 15) is 5.11 Å². The van der Waals surface area contributed by atoms with Crippen molar-refractivity contribution in [3.05, 3.63) is 57.8 Å². The fourth-order valence-electron chi connectivity index (χ4n) is 1.93. The number of hydrogen-bond donors (Lipinski definition) is 1. The third kappa shape index (κ3) is 2.14. The number of aromatic nitrogens is 2. The maximum Gasteiger partial charge on any atom is 0.194 e. The molecule has 1 aromatic carbocycles. The second-order valence-electron chi connectivity index (χ2n) is 4.06. The summed E-state index contributed by atoms with van der Waals surface area (Å²) in [5, 5.41) is 9.94. The Morgan fingerprint density at radius 3 is 3.06 bits per heavy atom. The molecule has 0 amide bonds. The van der Waals surface area contributed by atoms with Crippen molar-refractivity contribution in [2.45, 2.75) is 13.0 Å². The van der Waals surface area contributed by atoms with Crippen molar-refractivity contribution in [1.29, 1.82) is 0 Å². The number of thiazole rings is 1. The first kappa shape index (κ1) is 11.7. The number of hydrogen-bond acceptors (Lipinski definition) is 3. The van der Waals surface area contributed by atoms with Gasteiger partial charge in [0.15, 0.2) is 4.96 Å². The van der Waals surface area contributed by atoms with Gasteiger partial charge in [-0.2, -0.15) is 0 Å². The van der Waals surface area contributed by atoms with Gasteiger partial charge in [-0.3, -0.25) is 4.40 Å². The highest BCUT2D eigenvalue weighted by Gasteiger charge is 2.07. The number of rotatable bonds is 3. The van der Waals surface area contributed by atoms with Crippen molar-refractivity contribution in [2.24, 2.45) is 0 Å². The van der Waals surface area contributed by atoms with E-state index >= 15 is 0 Å². The number of benzene rings is 1. The Hall–Kier alpha value is -1.36. The zero-order chi connectivity index (χ0) is 12.5. The lowest BCUT2D eigenvalue weighted by Crippen LogP contribution is -1.89. The molecular formula is C13H11ClN2OS. The smallest absolute Gasteiger partial charge is 0.194 e. The van der Waals surface area contributed by atoms with Crippen molar-refractivity contribution < 1.29 is 5.11 Å². The van der Waals surface area contributed by atoms with Gasteiger partial charge in [0, 0.05) is 22.5 Å². The summed E-state index contributed by atoms with van der Waals surface area (Å²) in [5.74, 6) is 0. The van der Waals surface area contributed by atoms with Gasteiger partial charge in [-0.25, -0.2) is 4.98 Å². The van der Waals surface area contributed by atoms with E-state index in [4.69, 9.17) is 11.6 Å². The molecule has 0 atom stereocenters.